The van der Waals surface area contributed by atoms with Crippen molar-refractivity contribution >= 4 is 10.0 Å². The molecule has 1 atom stereocenters. The number of ether oxygens (including phenoxy) is 1. The van der Waals surface area contributed by atoms with Crippen LogP contribution in [0.1, 0.15) is 24.8 Å². The number of hydrogen-bond acceptors (Lipinski definition) is 5. The van der Waals surface area contributed by atoms with Gasteiger partial charge in [-0.3, -0.25) is 4.90 Å². The van der Waals surface area contributed by atoms with Gasteiger partial charge in [-0.1, -0.05) is 18.6 Å². The van der Waals surface area contributed by atoms with E-state index in [2.05, 4.69) is 16.8 Å². The number of likely N-dealkylation sites (tertiary alicyclic amines) is 1. The zero-order chi connectivity index (χ0) is 18.1. The Bertz CT molecular complexity index is 744. The van der Waals surface area contributed by atoms with Crippen molar-refractivity contribution < 1.29 is 13.2 Å². The van der Waals surface area contributed by atoms with E-state index in [1.54, 1.807) is 10.4 Å². The van der Waals surface area contributed by atoms with Crippen LogP contribution in [0.15, 0.2) is 23.1 Å². The third kappa shape index (κ3) is 3.50. The maximum Gasteiger partial charge on any atom is 0.246 e. The number of benzene rings is 1. The molecule has 0 spiro atoms. The summed E-state index contributed by atoms with van der Waals surface area (Å²) in [5, 5.41) is 0. The van der Waals surface area contributed by atoms with Crippen molar-refractivity contribution in [1.29, 1.82) is 0 Å². The molecule has 3 aliphatic heterocycles. The molecule has 2 saturated heterocycles. The van der Waals surface area contributed by atoms with E-state index in [9.17, 15) is 8.42 Å². The minimum Gasteiger partial charge on any atom is -0.492 e. The van der Waals surface area contributed by atoms with Gasteiger partial charge in [0.2, 0.25) is 10.0 Å². The van der Waals surface area contributed by atoms with Crippen LogP contribution in [0.5, 0.6) is 5.75 Å². The summed E-state index contributed by atoms with van der Waals surface area (Å²) in [5.41, 5.74) is 1.00. The molecule has 4 rings (SSSR count). The molecule has 0 bridgehead atoms. The minimum atomic E-state index is -3.48. The Labute approximate surface area is 156 Å². The predicted octanol–water partition coefficient (Wildman–Crippen LogP) is 1.41. The highest BCUT2D eigenvalue weighted by Crippen LogP contribution is 2.34. The van der Waals surface area contributed by atoms with E-state index in [4.69, 9.17) is 4.74 Å². The fourth-order valence-corrected chi connectivity index (χ4v) is 5.95. The molecule has 0 N–H and O–H groups in total. The first-order chi connectivity index (χ1) is 12.6. The summed E-state index contributed by atoms with van der Waals surface area (Å²) in [4.78, 5) is 5.22. The number of piperazine rings is 1. The summed E-state index contributed by atoms with van der Waals surface area (Å²) in [6, 6.07) is 6.08. The van der Waals surface area contributed by atoms with Crippen LogP contribution in [0.2, 0.25) is 0 Å². The molecule has 26 heavy (non-hydrogen) atoms. The lowest BCUT2D eigenvalue weighted by Gasteiger charge is -2.39. The third-order valence-electron chi connectivity index (χ3n) is 6.02. The van der Waals surface area contributed by atoms with E-state index >= 15 is 0 Å². The minimum absolute atomic E-state index is 0.341. The first-order valence-electron chi connectivity index (χ1n) is 9.73. The molecule has 2 fully saturated rings. The molecule has 7 heteroatoms. The van der Waals surface area contributed by atoms with E-state index in [1.807, 2.05) is 12.1 Å². The van der Waals surface area contributed by atoms with E-state index in [-0.39, 0.29) is 0 Å². The number of para-hydroxylation sites is 1. The van der Waals surface area contributed by atoms with Crippen LogP contribution < -0.4 is 4.74 Å². The van der Waals surface area contributed by atoms with Crippen molar-refractivity contribution in [2.24, 2.45) is 0 Å². The monoisotopic (exact) mass is 379 g/mol. The Hall–Kier alpha value is -1.15. The fourth-order valence-electron chi connectivity index (χ4n) is 4.35. The Kier molecular flexibility index (Phi) is 5.23. The largest absolute Gasteiger partial charge is 0.492 e. The summed E-state index contributed by atoms with van der Waals surface area (Å²) in [7, 11) is -1.27. The number of piperidine rings is 1. The molecular formula is C19H29N3O3S. The second kappa shape index (κ2) is 7.46. The molecule has 0 radical (unpaired) electrons. The SMILES string of the molecule is CN1CCCCC1CN1CCN(S(=O)(=O)c2cccc3c2OCC3)CC1. The van der Waals surface area contributed by atoms with E-state index in [1.165, 1.54) is 25.8 Å². The molecule has 3 aliphatic rings. The van der Waals surface area contributed by atoms with Crippen LogP contribution in [0.25, 0.3) is 0 Å². The Morgan fingerprint density at radius 1 is 1.12 bits per heavy atom. The van der Waals surface area contributed by atoms with Gasteiger partial charge >= 0.3 is 0 Å². The molecule has 144 valence electrons. The number of likely N-dealkylation sites (N-methyl/N-ethyl adjacent to an activating group) is 1. The van der Waals surface area contributed by atoms with Gasteiger partial charge in [-0.15, -0.1) is 0 Å². The van der Waals surface area contributed by atoms with Gasteiger partial charge in [0.15, 0.2) is 0 Å². The summed E-state index contributed by atoms with van der Waals surface area (Å²) in [5.74, 6) is 0.568. The quantitative estimate of drug-likeness (QED) is 0.792. The highest BCUT2D eigenvalue weighted by atomic mass is 32.2. The van der Waals surface area contributed by atoms with Crippen LogP contribution in [0.3, 0.4) is 0 Å². The standard InChI is InChI=1S/C19H29N3O3S/c1-20-9-3-2-6-17(20)15-21-10-12-22(13-11-21)26(23,24)18-7-4-5-16-8-14-25-19(16)18/h4-5,7,17H,2-3,6,8-15H2,1H3. The summed E-state index contributed by atoms with van der Waals surface area (Å²) >= 11 is 0. The van der Waals surface area contributed by atoms with E-state index in [0.29, 0.717) is 36.4 Å². The molecule has 0 aliphatic carbocycles. The van der Waals surface area contributed by atoms with Crippen molar-refractivity contribution in [2.45, 2.75) is 36.6 Å². The second-order valence-electron chi connectivity index (χ2n) is 7.68. The first kappa shape index (κ1) is 18.2. The molecular weight excluding hydrogens is 350 g/mol. The maximum absolute atomic E-state index is 13.1. The summed E-state index contributed by atoms with van der Waals surface area (Å²) < 4.78 is 33.5. The molecule has 1 unspecified atom stereocenters. The third-order valence-corrected chi connectivity index (χ3v) is 7.94. The normalized spacial score (nSPS) is 25.8. The highest BCUT2D eigenvalue weighted by molar-refractivity contribution is 7.89. The Morgan fingerprint density at radius 3 is 2.69 bits per heavy atom. The van der Waals surface area contributed by atoms with Gasteiger partial charge in [0.1, 0.15) is 10.6 Å². The van der Waals surface area contributed by atoms with Crippen LogP contribution in [0, 0.1) is 0 Å². The molecule has 6 nitrogen and oxygen atoms in total. The van der Waals surface area contributed by atoms with Crippen LogP contribution in [0.4, 0.5) is 0 Å². The van der Waals surface area contributed by atoms with Crippen molar-refractivity contribution in [2.75, 3.05) is 52.9 Å². The van der Waals surface area contributed by atoms with Gasteiger partial charge in [-0.2, -0.15) is 4.31 Å². The summed E-state index contributed by atoms with van der Waals surface area (Å²) in [6.45, 7) is 5.53. The lowest BCUT2D eigenvalue weighted by atomic mass is 10.0. The van der Waals surface area contributed by atoms with Crippen molar-refractivity contribution in [3.05, 3.63) is 23.8 Å². The lowest BCUT2D eigenvalue weighted by molar-refractivity contribution is 0.106. The van der Waals surface area contributed by atoms with Crippen LogP contribution in [-0.4, -0.2) is 81.5 Å². The van der Waals surface area contributed by atoms with Gasteiger partial charge in [-0.25, -0.2) is 8.42 Å². The van der Waals surface area contributed by atoms with Crippen molar-refractivity contribution in [1.82, 2.24) is 14.1 Å². The maximum atomic E-state index is 13.1. The van der Waals surface area contributed by atoms with Crippen molar-refractivity contribution in [3.63, 3.8) is 0 Å². The molecule has 1 aromatic rings. The highest BCUT2D eigenvalue weighted by Gasteiger charge is 2.33. The van der Waals surface area contributed by atoms with Gasteiger partial charge in [0.05, 0.1) is 6.61 Å². The average Bonchev–Trinajstić information content (AvgIpc) is 3.13. The van der Waals surface area contributed by atoms with Crippen molar-refractivity contribution in [3.8, 4) is 5.75 Å². The second-order valence-corrected chi connectivity index (χ2v) is 9.58. The predicted molar refractivity (Wildman–Crippen MR) is 101 cm³/mol. The number of fused-ring (bicyclic) bond motifs is 1. The van der Waals surface area contributed by atoms with E-state index in [0.717, 1.165) is 31.6 Å². The number of nitrogens with zero attached hydrogens (tertiary/aromatic N) is 3. The summed E-state index contributed by atoms with van der Waals surface area (Å²) in [6.07, 6.45) is 4.65. The molecule has 0 aromatic heterocycles. The van der Waals surface area contributed by atoms with Crippen LogP contribution >= 0.6 is 0 Å². The Morgan fingerprint density at radius 2 is 1.92 bits per heavy atom. The lowest BCUT2D eigenvalue weighted by Crippen LogP contribution is -2.52. The molecule has 1 aromatic carbocycles. The van der Waals surface area contributed by atoms with E-state index < -0.39 is 10.0 Å². The number of sulfonamides is 1. The van der Waals surface area contributed by atoms with Gasteiger partial charge in [0, 0.05) is 45.2 Å². The topological polar surface area (TPSA) is 53.1 Å². The molecule has 3 heterocycles. The first-order valence-corrected chi connectivity index (χ1v) is 11.2. The zero-order valence-corrected chi connectivity index (χ0v) is 16.4. The van der Waals surface area contributed by atoms with Crippen LogP contribution in [-0.2, 0) is 16.4 Å². The number of hydrogen-bond donors (Lipinski definition) is 0. The number of rotatable bonds is 4. The smallest absolute Gasteiger partial charge is 0.246 e. The molecule has 0 saturated carbocycles. The van der Waals surface area contributed by atoms with Gasteiger partial charge < -0.3 is 9.64 Å². The van der Waals surface area contributed by atoms with Gasteiger partial charge in [0.25, 0.3) is 0 Å². The fraction of sp³-hybridized carbons (Fsp3) is 0.684. The van der Waals surface area contributed by atoms with Gasteiger partial charge in [-0.05, 0) is 38.1 Å². The Balaban J connectivity index is 1.41. The average molecular weight is 380 g/mol. The zero-order valence-electron chi connectivity index (χ0n) is 15.6. The molecule has 0 amide bonds.